The number of anilines is 4. The fourth-order valence-electron chi connectivity index (χ4n) is 5.34. The Morgan fingerprint density at radius 3 is 2.58 bits per heavy atom. The predicted molar refractivity (Wildman–Crippen MR) is 146 cm³/mol. The number of nitrogens with two attached hydrogens (primary N) is 1. The molecular formula is C25H31ClF2N10O2. The summed E-state index contributed by atoms with van der Waals surface area (Å²) < 4.78 is 38.3. The molecule has 40 heavy (non-hydrogen) atoms. The molecule has 0 unspecified atom stereocenters. The van der Waals surface area contributed by atoms with Gasteiger partial charge >= 0.3 is 0 Å². The van der Waals surface area contributed by atoms with Crippen molar-refractivity contribution in [2.24, 2.45) is 0 Å². The zero-order valence-corrected chi connectivity index (χ0v) is 23.2. The number of nitrogens with zero attached hydrogens (tertiary/aromatic N) is 8. The van der Waals surface area contributed by atoms with Crippen LogP contribution < -0.4 is 16.0 Å². The quantitative estimate of drug-likeness (QED) is 0.422. The number of hydrogen-bond donors (Lipinski definition) is 2. The van der Waals surface area contributed by atoms with E-state index in [1.807, 2.05) is 4.90 Å². The maximum absolute atomic E-state index is 16.4. The number of likely N-dealkylation sites (N-methyl/N-ethyl adjacent to an activating group) is 1. The minimum Gasteiger partial charge on any atom is -0.393 e. The van der Waals surface area contributed by atoms with Crippen LogP contribution in [0.2, 0.25) is 5.15 Å². The van der Waals surface area contributed by atoms with Gasteiger partial charge in [-0.05, 0) is 20.4 Å². The van der Waals surface area contributed by atoms with Gasteiger partial charge in [0.25, 0.3) is 5.91 Å². The lowest BCUT2D eigenvalue weighted by Crippen LogP contribution is -2.56. The van der Waals surface area contributed by atoms with Crippen LogP contribution in [-0.4, -0.2) is 98.7 Å². The number of aromatic nitrogens is 5. The molecule has 5 rings (SSSR count). The van der Waals surface area contributed by atoms with Crippen LogP contribution in [0.25, 0.3) is 5.69 Å². The van der Waals surface area contributed by atoms with Crippen molar-refractivity contribution in [3.63, 3.8) is 0 Å². The van der Waals surface area contributed by atoms with E-state index in [-0.39, 0.29) is 45.8 Å². The summed E-state index contributed by atoms with van der Waals surface area (Å²) in [7, 11) is 0. The van der Waals surface area contributed by atoms with Gasteiger partial charge in [-0.3, -0.25) is 9.69 Å². The number of nitrogens with one attached hydrogen (secondary N) is 1. The minimum atomic E-state index is -0.961. The van der Waals surface area contributed by atoms with Crippen LogP contribution in [0.4, 0.5) is 31.7 Å². The second kappa shape index (κ2) is 11.5. The van der Waals surface area contributed by atoms with Gasteiger partial charge in [-0.2, -0.15) is 0 Å². The number of hydrogen-bond acceptors (Lipinski definition) is 10. The molecule has 12 nitrogen and oxygen atoms in total. The molecule has 0 aliphatic carbocycles. The van der Waals surface area contributed by atoms with Crippen molar-refractivity contribution in [3.8, 4) is 5.69 Å². The molecule has 1 amide bonds. The molecule has 214 valence electrons. The molecule has 2 aliphatic heterocycles. The van der Waals surface area contributed by atoms with Crippen LogP contribution in [-0.2, 0) is 4.74 Å². The van der Waals surface area contributed by atoms with Crippen LogP contribution in [0.3, 0.4) is 0 Å². The Morgan fingerprint density at radius 1 is 1.20 bits per heavy atom. The molecule has 0 radical (unpaired) electrons. The summed E-state index contributed by atoms with van der Waals surface area (Å²) in [4.78, 5) is 26.6. The predicted octanol–water partition coefficient (Wildman–Crippen LogP) is 2.71. The Hall–Kier alpha value is -3.62. The number of piperazine rings is 1. The lowest BCUT2D eigenvalue weighted by Gasteiger charge is -2.45. The van der Waals surface area contributed by atoms with E-state index >= 15 is 8.78 Å². The number of halogens is 3. The van der Waals surface area contributed by atoms with E-state index < -0.39 is 23.2 Å². The van der Waals surface area contributed by atoms with Crippen molar-refractivity contribution in [1.82, 2.24) is 34.8 Å². The highest BCUT2D eigenvalue weighted by Gasteiger charge is 2.33. The van der Waals surface area contributed by atoms with Crippen LogP contribution in [0.15, 0.2) is 18.6 Å². The number of amides is 1. The molecule has 3 aromatic rings. The third-order valence-electron chi connectivity index (χ3n) is 7.30. The largest absolute Gasteiger partial charge is 0.393 e. The zero-order chi connectivity index (χ0) is 28.6. The minimum absolute atomic E-state index is 0.0110. The monoisotopic (exact) mass is 576 g/mol. The number of carbonyl (C=O) groups excluding carboxylic acids is 1. The molecule has 1 aromatic carbocycles. The molecule has 2 saturated heterocycles. The summed E-state index contributed by atoms with van der Waals surface area (Å²) in [5, 5.41) is 10.7. The van der Waals surface area contributed by atoms with Gasteiger partial charge < -0.3 is 25.6 Å². The molecule has 2 atom stereocenters. The molecule has 2 aliphatic rings. The summed E-state index contributed by atoms with van der Waals surface area (Å²) >= 11 is 6.08. The van der Waals surface area contributed by atoms with Gasteiger partial charge in [0.1, 0.15) is 23.4 Å². The van der Waals surface area contributed by atoms with Crippen molar-refractivity contribution >= 4 is 40.4 Å². The molecule has 15 heteroatoms. The van der Waals surface area contributed by atoms with Gasteiger partial charge in [0.2, 0.25) is 0 Å². The number of benzene rings is 1. The first-order valence-electron chi connectivity index (χ1n) is 13.0. The van der Waals surface area contributed by atoms with E-state index in [0.717, 1.165) is 11.2 Å². The molecule has 2 aromatic heterocycles. The third-order valence-corrected chi connectivity index (χ3v) is 7.60. The van der Waals surface area contributed by atoms with Crippen LogP contribution >= 0.6 is 11.6 Å². The van der Waals surface area contributed by atoms with Gasteiger partial charge in [-0.1, -0.05) is 23.7 Å². The summed E-state index contributed by atoms with van der Waals surface area (Å²) in [5.41, 5.74) is 5.74. The van der Waals surface area contributed by atoms with Crippen LogP contribution in [0.1, 0.15) is 31.3 Å². The highest BCUT2D eigenvalue weighted by Crippen LogP contribution is 2.39. The maximum atomic E-state index is 16.4. The number of carbonyl (C=O) groups is 1. The summed E-state index contributed by atoms with van der Waals surface area (Å²) in [5.74, 6) is -2.17. The molecule has 3 N–H and O–H groups in total. The Morgan fingerprint density at radius 2 is 1.90 bits per heavy atom. The average Bonchev–Trinajstić information content (AvgIpc) is 3.42. The van der Waals surface area contributed by atoms with Gasteiger partial charge in [0.05, 0.1) is 25.1 Å². The Labute approximate surface area is 235 Å². The average molecular weight is 577 g/mol. The normalized spacial score (nSPS) is 20.1. The Bertz CT molecular complexity index is 1390. The number of ether oxygens (including phenoxy) is 1. The summed E-state index contributed by atoms with van der Waals surface area (Å²) in [6.07, 6.45) is 2.40. The van der Waals surface area contributed by atoms with Crippen molar-refractivity contribution in [3.05, 3.63) is 41.1 Å². The van der Waals surface area contributed by atoms with Crippen molar-refractivity contribution < 1.29 is 18.3 Å². The lowest BCUT2D eigenvalue weighted by molar-refractivity contribution is 0.0299. The first-order chi connectivity index (χ1) is 19.2. The standard InChI is InChI=1S/C25H31ClF2N10O2/c1-4-37-14(2)10-36(11-15(37)3)18-9-16(27)22(19(28)21(18)32-24-20(29)23(26)30-13-31-24)38-12-17(33-34-38)25(39)35-5-7-40-8-6-35/h9,12-15H,4-8,10-11,29H2,1-3H3,(H,30,31,32)/t14-,15+. The van der Waals surface area contributed by atoms with Gasteiger partial charge in [0.15, 0.2) is 28.3 Å². The molecule has 0 saturated carbocycles. The lowest BCUT2D eigenvalue weighted by atomic mass is 10.1. The third kappa shape index (κ3) is 5.25. The van der Waals surface area contributed by atoms with Crippen LogP contribution in [0, 0.1) is 11.6 Å². The van der Waals surface area contributed by atoms with E-state index in [1.165, 1.54) is 18.6 Å². The topological polar surface area (TPSA) is 131 Å². The number of rotatable bonds is 6. The summed E-state index contributed by atoms with van der Waals surface area (Å²) in [6, 6.07) is 1.51. The highest BCUT2D eigenvalue weighted by atomic mass is 35.5. The van der Waals surface area contributed by atoms with Gasteiger partial charge in [-0.15, -0.1) is 5.10 Å². The number of morpholine rings is 1. The molecule has 4 heterocycles. The SMILES string of the molecule is CCN1[C@H](C)CN(c2cc(F)c(-n3cc(C(=O)N4CCOCC4)nn3)c(F)c2Nc2ncnc(Cl)c2N)C[C@@H]1C. The van der Waals surface area contributed by atoms with Crippen molar-refractivity contribution in [2.45, 2.75) is 32.9 Å². The fraction of sp³-hybridized carbons (Fsp3) is 0.480. The Kier molecular flexibility index (Phi) is 8.01. The maximum Gasteiger partial charge on any atom is 0.276 e. The van der Waals surface area contributed by atoms with E-state index in [0.29, 0.717) is 39.4 Å². The fourth-order valence-corrected chi connectivity index (χ4v) is 5.48. The van der Waals surface area contributed by atoms with E-state index in [2.05, 4.69) is 51.3 Å². The molecule has 0 spiro atoms. The van der Waals surface area contributed by atoms with Gasteiger partial charge in [-0.25, -0.2) is 23.4 Å². The first-order valence-corrected chi connectivity index (χ1v) is 13.4. The van der Waals surface area contributed by atoms with E-state index in [4.69, 9.17) is 22.1 Å². The smallest absolute Gasteiger partial charge is 0.276 e. The molecule has 2 fully saturated rings. The number of nitrogen functional groups attached to an aromatic ring is 1. The van der Waals surface area contributed by atoms with E-state index in [1.54, 1.807) is 4.90 Å². The molecular weight excluding hydrogens is 546 g/mol. The second-order valence-corrected chi connectivity index (χ2v) is 10.2. The zero-order valence-electron chi connectivity index (χ0n) is 22.4. The Balaban J connectivity index is 1.57. The summed E-state index contributed by atoms with van der Waals surface area (Å²) in [6.45, 7) is 9.75. The van der Waals surface area contributed by atoms with Crippen molar-refractivity contribution in [2.75, 3.05) is 61.9 Å². The van der Waals surface area contributed by atoms with E-state index in [9.17, 15) is 4.79 Å². The van der Waals surface area contributed by atoms with Gasteiger partial charge in [0, 0.05) is 44.3 Å². The second-order valence-electron chi connectivity index (χ2n) is 9.85. The highest BCUT2D eigenvalue weighted by molar-refractivity contribution is 6.32. The van der Waals surface area contributed by atoms with Crippen LogP contribution in [0.5, 0.6) is 0 Å². The van der Waals surface area contributed by atoms with Crippen molar-refractivity contribution in [1.29, 1.82) is 0 Å². The first kappa shape index (κ1) is 27.9. The molecule has 0 bridgehead atoms.